The Morgan fingerprint density at radius 3 is 2.62 bits per heavy atom. The van der Waals surface area contributed by atoms with Gasteiger partial charge in [-0.3, -0.25) is 9.69 Å². The third-order valence-corrected chi connectivity index (χ3v) is 8.86. The molecule has 3 aromatic rings. The van der Waals surface area contributed by atoms with Crippen LogP contribution in [0.4, 0.5) is 20.6 Å². The number of fused-ring (bicyclic) bond motifs is 1. The molecule has 11 heteroatoms. The van der Waals surface area contributed by atoms with Crippen molar-refractivity contribution in [3.8, 4) is 23.1 Å². The minimum Gasteiger partial charge on any atom is -0.493 e. The lowest BCUT2D eigenvalue weighted by Crippen LogP contribution is -2.59. The second-order valence-corrected chi connectivity index (χ2v) is 11.8. The third kappa shape index (κ3) is 5.90. The maximum absolute atomic E-state index is 14.1. The number of anilines is 2. The maximum Gasteiger partial charge on any atom is 0.324 e. The van der Waals surface area contributed by atoms with E-state index in [1.165, 1.54) is 12.1 Å². The van der Waals surface area contributed by atoms with Crippen molar-refractivity contribution < 1.29 is 18.7 Å². The van der Waals surface area contributed by atoms with Crippen LogP contribution in [-0.2, 0) is 6.42 Å². The van der Waals surface area contributed by atoms with Crippen molar-refractivity contribution in [2.75, 3.05) is 62.7 Å². The van der Waals surface area contributed by atoms with Gasteiger partial charge in [-0.2, -0.15) is 5.26 Å². The minimum atomic E-state index is -0.468. The molecule has 2 saturated heterocycles. The molecule has 2 fully saturated rings. The molecule has 1 atom stereocenters. The lowest BCUT2D eigenvalue weighted by atomic mass is 10.0. The fourth-order valence-electron chi connectivity index (χ4n) is 6.66. The quantitative estimate of drug-likeness (QED) is 0.425. The maximum atomic E-state index is 14.1. The van der Waals surface area contributed by atoms with Crippen molar-refractivity contribution in [2.45, 2.75) is 38.8 Å². The van der Waals surface area contributed by atoms with Crippen LogP contribution in [0.5, 0.6) is 5.75 Å². The second-order valence-electron chi connectivity index (χ2n) is 11.8. The van der Waals surface area contributed by atoms with Gasteiger partial charge in [0, 0.05) is 50.9 Å². The zero-order valence-corrected chi connectivity index (χ0v) is 25.9. The molecular formula is C34H38FN7O3. The molecule has 0 unspecified atom stereocenters. The van der Waals surface area contributed by atoms with Gasteiger partial charge in [0.2, 0.25) is 0 Å². The molecule has 0 saturated carbocycles. The average molecular weight is 612 g/mol. The summed E-state index contributed by atoms with van der Waals surface area (Å²) in [6.45, 7) is 7.84. The van der Waals surface area contributed by atoms with E-state index in [4.69, 9.17) is 9.72 Å². The molecule has 0 spiro atoms. The second kappa shape index (κ2) is 12.7. The predicted octanol–water partition coefficient (Wildman–Crippen LogP) is 4.29. The van der Waals surface area contributed by atoms with Crippen LogP contribution < -0.4 is 19.9 Å². The number of nitrogens with one attached hydrogen (secondary N) is 1. The fourth-order valence-corrected chi connectivity index (χ4v) is 6.66. The number of hydrogen-bond donors (Lipinski definition) is 1. The number of piperazine rings is 1. The Labute approximate surface area is 263 Å². The van der Waals surface area contributed by atoms with Gasteiger partial charge in [-0.25, -0.2) is 14.2 Å². The number of carbonyl (C=O) groups is 2. The highest BCUT2D eigenvalue weighted by Gasteiger charge is 2.37. The highest BCUT2D eigenvalue weighted by Crippen LogP contribution is 2.35. The molecule has 1 aromatic heterocycles. The summed E-state index contributed by atoms with van der Waals surface area (Å²) < 4.78 is 19.9. The number of hydrogen-bond acceptors (Lipinski definition) is 7. The van der Waals surface area contributed by atoms with Gasteiger partial charge in [0.05, 0.1) is 35.3 Å². The monoisotopic (exact) mass is 611 g/mol. The molecule has 0 bridgehead atoms. The van der Waals surface area contributed by atoms with Gasteiger partial charge in [-0.15, -0.1) is 0 Å². The molecular weight excluding hydrogens is 573 g/mol. The van der Waals surface area contributed by atoms with Gasteiger partial charge in [0.25, 0.3) is 5.91 Å². The summed E-state index contributed by atoms with van der Waals surface area (Å²) in [5.74, 6) is 0.0122. The van der Waals surface area contributed by atoms with Crippen molar-refractivity contribution >= 4 is 23.3 Å². The van der Waals surface area contributed by atoms with Crippen molar-refractivity contribution in [1.29, 1.82) is 5.26 Å². The summed E-state index contributed by atoms with van der Waals surface area (Å²) >= 11 is 0. The largest absolute Gasteiger partial charge is 0.493 e. The van der Waals surface area contributed by atoms with E-state index in [2.05, 4.69) is 28.1 Å². The molecule has 234 valence electrons. The van der Waals surface area contributed by atoms with E-state index in [0.29, 0.717) is 67.6 Å². The molecule has 0 radical (unpaired) electrons. The molecule has 10 nitrogen and oxygen atoms in total. The first kappa shape index (κ1) is 30.3. The Morgan fingerprint density at radius 2 is 1.89 bits per heavy atom. The molecule has 3 aliphatic heterocycles. The molecule has 1 N–H and O–H groups in total. The molecule has 3 amide bonds. The lowest BCUT2D eigenvalue weighted by Gasteiger charge is -2.44. The number of aromatic nitrogens is 1. The first-order valence-corrected chi connectivity index (χ1v) is 15.6. The van der Waals surface area contributed by atoms with Crippen LogP contribution >= 0.6 is 0 Å². The summed E-state index contributed by atoms with van der Waals surface area (Å²) in [6.07, 6.45) is 1.24. The number of rotatable bonds is 7. The van der Waals surface area contributed by atoms with Crippen molar-refractivity contribution in [3.05, 3.63) is 71.2 Å². The van der Waals surface area contributed by atoms with E-state index in [-0.39, 0.29) is 29.6 Å². The highest BCUT2D eigenvalue weighted by atomic mass is 19.1. The topological polar surface area (TPSA) is 105 Å². The number of halogens is 1. The van der Waals surface area contributed by atoms with Gasteiger partial charge in [-0.05, 0) is 68.8 Å². The first-order chi connectivity index (χ1) is 21.8. The van der Waals surface area contributed by atoms with Gasteiger partial charge in [-0.1, -0.05) is 19.1 Å². The number of amides is 3. The standard InChI is InChI=1S/C34H38FN7O3/c1-4-26-21-40(34(44)42-13-12-22-16-24(35)17-23(18-36)32(22)42)14-15-41(26)29-11-10-28(27-8-6-7-9-30(27)45-5-2)38-31(29)33(43)37-25-19-39(3)20-25/h6-11,16-17,25-26H,4-5,12-15,19-21H2,1-3H3,(H,37,43)/t26-/m1/s1. The average Bonchev–Trinajstić information content (AvgIpc) is 3.47. The van der Waals surface area contributed by atoms with E-state index >= 15 is 0 Å². The summed E-state index contributed by atoms with van der Waals surface area (Å²) in [5, 5.41) is 12.8. The summed E-state index contributed by atoms with van der Waals surface area (Å²) in [6, 6.07) is 16.0. The zero-order valence-electron chi connectivity index (χ0n) is 25.9. The third-order valence-electron chi connectivity index (χ3n) is 8.86. The molecule has 0 aliphatic carbocycles. The number of benzene rings is 2. The molecule has 3 aliphatic rings. The van der Waals surface area contributed by atoms with E-state index in [1.54, 1.807) is 9.80 Å². The van der Waals surface area contributed by atoms with Crippen molar-refractivity contribution in [1.82, 2.24) is 20.1 Å². The van der Waals surface area contributed by atoms with Crippen LogP contribution in [0, 0.1) is 17.1 Å². The smallest absolute Gasteiger partial charge is 0.324 e. The van der Waals surface area contributed by atoms with E-state index in [1.807, 2.05) is 50.4 Å². The Bertz CT molecular complexity index is 1650. The van der Waals surface area contributed by atoms with Crippen molar-refractivity contribution in [3.63, 3.8) is 0 Å². The predicted molar refractivity (Wildman–Crippen MR) is 170 cm³/mol. The van der Waals surface area contributed by atoms with E-state index in [9.17, 15) is 19.2 Å². The molecule has 4 heterocycles. The number of likely N-dealkylation sites (tertiary alicyclic amines) is 1. The van der Waals surface area contributed by atoms with Gasteiger partial charge in [0.15, 0.2) is 5.69 Å². The van der Waals surface area contributed by atoms with E-state index in [0.717, 1.165) is 30.8 Å². The Balaban J connectivity index is 1.28. The number of ether oxygens (including phenoxy) is 1. The number of nitrogens with zero attached hydrogens (tertiary/aromatic N) is 6. The SMILES string of the molecule is CCOc1ccccc1-c1ccc(N2CCN(C(=O)N3CCc4cc(F)cc(C#N)c43)C[C@H]2CC)c(C(=O)NC2CN(C)C2)n1. The lowest BCUT2D eigenvalue weighted by molar-refractivity contribution is 0.0853. The number of likely N-dealkylation sites (N-methyl/N-ethyl adjacent to an activating group) is 1. The van der Waals surface area contributed by atoms with Crippen LogP contribution in [0.15, 0.2) is 48.5 Å². The highest BCUT2D eigenvalue weighted by molar-refractivity contribution is 5.99. The minimum absolute atomic E-state index is 0.0584. The Kier molecular flexibility index (Phi) is 8.59. The number of carbonyl (C=O) groups excluding carboxylic acids is 2. The number of para-hydroxylation sites is 1. The van der Waals surface area contributed by atoms with Crippen molar-refractivity contribution in [2.24, 2.45) is 0 Å². The van der Waals surface area contributed by atoms with Crippen LogP contribution in [0.25, 0.3) is 11.3 Å². The summed E-state index contributed by atoms with van der Waals surface area (Å²) in [7, 11) is 2.02. The first-order valence-electron chi connectivity index (χ1n) is 15.6. The number of pyridine rings is 1. The van der Waals surface area contributed by atoms with E-state index < -0.39 is 5.82 Å². The van der Waals surface area contributed by atoms with Gasteiger partial charge in [0.1, 0.15) is 17.6 Å². The van der Waals surface area contributed by atoms with Crippen LogP contribution in [-0.4, -0.2) is 91.7 Å². The van der Waals surface area contributed by atoms with Crippen LogP contribution in [0.3, 0.4) is 0 Å². The molecule has 6 rings (SSSR count). The van der Waals surface area contributed by atoms with Gasteiger partial charge >= 0.3 is 6.03 Å². The summed E-state index contributed by atoms with van der Waals surface area (Å²) in [4.78, 5) is 40.3. The zero-order chi connectivity index (χ0) is 31.7. The van der Waals surface area contributed by atoms with Gasteiger partial charge < -0.3 is 24.8 Å². The molecule has 45 heavy (non-hydrogen) atoms. The van der Waals surface area contributed by atoms with Crippen LogP contribution in [0.2, 0.25) is 0 Å². The Hall–Kier alpha value is -4.69. The van der Waals surface area contributed by atoms with Crippen LogP contribution in [0.1, 0.15) is 41.9 Å². The number of nitriles is 1. The Morgan fingerprint density at radius 1 is 1.09 bits per heavy atom. The fraction of sp³-hybridized carbons (Fsp3) is 0.412. The molecule has 2 aromatic carbocycles. The summed E-state index contributed by atoms with van der Waals surface area (Å²) in [5.41, 5.74) is 3.90. The number of urea groups is 1. The normalized spacial score (nSPS) is 18.3.